The van der Waals surface area contributed by atoms with Gasteiger partial charge in [0.15, 0.2) is 0 Å². The zero-order valence-corrected chi connectivity index (χ0v) is 11.1. The van der Waals surface area contributed by atoms with Gasteiger partial charge in [0.05, 0.1) is 5.69 Å². The van der Waals surface area contributed by atoms with E-state index in [1.54, 1.807) is 0 Å². The van der Waals surface area contributed by atoms with Crippen LogP contribution in [-0.4, -0.2) is 11.2 Å². The summed E-state index contributed by atoms with van der Waals surface area (Å²) in [4.78, 5) is 0. The molecule has 3 nitrogen and oxygen atoms in total. The smallest absolute Gasteiger partial charge is 0.138 e. The van der Waals surface area contributed by atoms with Crippen molar-refractivity contribution in [1.29, 1.82) is 0 Å². The number of aryl methyl sites for hydroxylation is 2. The summed E-state index contributed by atoms with van der Waals surface area (Å²) in [6, 6.07) is 0.545. The Balaban J connectivity index is 2.40. The van der Waals surface area contributed by atoms with Crippen molar-refractivity contribution in [2.75, 3.05) is 0 Å². The Kier molecular flexibility index (Phi) is 5.00. The summed E-state index contributed by atoms with van der Waals surface area (Å²) in [6.45, 7) is 11.6. The lowest BCUT2D eigenvalue weighted by Crippen LogP contribution is -2.27. The molecule has 1 aromatic heterocycles. The molecule has 0 bridgehead atoms. The molecule has 3 heteroatoms. The molecule has 1 aromatic rings. The molecule has 0 aliphatic heterocycles. The second-order valence-electron chi connectivity index (χ2n) is 4.83. The summed E-state index contributed by atoms with van der Waals surface area (Å²) >= 11 is 0. The maximum Gasteiger partial charge on any atom is 0.138 e. The first-order valence-electron chi connectivity index (χ1n) is 6.19. The monoisotopic (exact) mass is 224 g/mol. The maximum atomic E-state index is 5.14. The van der Waals surface area contributed by atoms with Gasteiger partial charge in [0, 0.05) is 18.2 Å². The fourth-order valence-electron chi connectivity index (χ4n) is 1.88. The minimum atomic E-state index is 0.545. The second kappa shape index (κ2) is 6.04. The highest BCUT2D eigenvalue weighted by atomic mass is 16.5. The predicted molar refractivity (Wildman–Crippen MR) is 66.4 cm³/mol. The van der Waals surface area contributed by atoms with Gasteiger partial charge in [-0.3, -0.25) is 0 Å². The Morgan fingerprint density at radius 1 is 1.31 bits per heavy atom. The van der Waals surface area contributed by atoms with E-state index in [1.807, 2.05) is 13.8 Å². The Morgan fingerprint density at radius 2 is 2.00 bits per heavy atom. The van der Waals surface area contributed by atoms with E-state index < -0.39 is 0 Å². The van der Waals surface area contributed by atoms with Crippen LogP contribution in [0.25, 0.3) is 0 Å². The van der Waals surface area contributed by atoms with Crippen LogP contribution in [0.4, 0.5) is 0 Å². The van der Waals surface area contributed by atoms with E-state index in [2.05, 4.69) is 31.2 Å². The molecule has 1 heterocycles. The Labute approximate surface area is 98.6 Å². The van der Waals surface area contributed by atoms with Crippen molar-refractivity contribution in [1.82, 2.24) is 10.5 Å². The molecule has 0 aliphatic carbocycles. The molecule has 92 valence electrons. The summed E-state index contributed by atoms with van der Waals surface area (Å²) in [6.07, 6.45) is 2.47. The van der Waals surface area contributed by atoms with Gasteiger partial charge in [-0.25, -0.2) is 0 Å². The lowest BCUT2D eigenvalue weighted by atomic mass is 10.0. The van der Waals surface area contributed by atoms with Crippen LogP contribution in [0, 0.1) is 19.8 Å². The van der Waals surface area contributed by atoms with Crippen LogP contribution in [0.5, 0.6) is 0 Å². The van der Waals surface area contributed by atoms with Gasteiger partial charge in [-0.15, -0.1) is 0 Å². The van der Waals surface area contributed by atoms with Gasteiger partial charge < -0.3 is 9.84 Å². The quantitative estimate of drug-likeness (QED) is 0.806. The van der Waals surface area contributed by atoms with E-state index in [9.17, 15) is 0 Å². The van der Waals surface area contributed by atoms with Gasteiger partial charge >= 0.3 is 0 Å². The number of hydrogen-bond acceptors (Lipinski definition) is 3. The van der Waals surface area contributed by atoms with Crippen LogP contribution in [0.2, 0.25) is 0 Å². The fourth-order valence-corrected chi connectivity index (χ4v) is 1.88. The van der Waals surface area contributed by atoms with Crippen LogP contribution < -0.4 is 5.32 Å². The molecular weight excluding hydrogens is 200 g/mol. The van der Waals surface area contributed by atoms with E-state index in [0.717, 1.165) is 23.9 Å². The first-order valence-corrected chi connectivity index (χ1v) is 6.19. The van der Waals surface area contributed by atoms with Gasteiger partial charge in [0.2, 0.25) is 0 Å². The van der Waals surface area contributed by atoms with Crippen LogP contribution >= 0.6 is 0 Å². The average molecular weight is 224 g/mol. The first kappa shape index (κ1) is 13.2. The van der Waals surface area contributed by atoms with Crippen molar-refractivity contribution in [3.8, 4) is 0 Å². The highest BCUT2D eigenvalue weighted by molar-refractivity contribution is 5.20. The molecule has 0 saturated heterocycles. The molecule has 0 amide bonds. The van der Waals surface area contributed by atoms with Gasteiger partial charge in [-0.05, 0) is 33.1 Å². The molecular formula is C13H24N2O. The molecule has 1 rings (SSSR count). The van der Waals surface area contributed by atoms with Crippen LogP contribution in [0.15, 0.2) is 4.52 Å². The van der Waals surface area contributed by atoms with Crippen molar-refractivity contribution < 1.29 is 4.52 Å². The summed E-state index contributed by atoms with van der Waals surface area (Å²) < 4.78 is 5.14. The number of nitrogens with zero attached hydrogens (tertiary/aromatic N) is 1. The van der Waals surface area contributed by atoms with E-state index >= 15 is 0 Å². The van der Waals surface area contributed by atoms with Gasteiger partial charge in [0.25, 0.3) is 0 Å². The SMILES string of the molecule is CCC(C)CC(C)NCc1c(C)noc1C. The van der Waals surface area contributed by atoms with Crippen LogP contribution in [0.1, 0.15) is 50.6 Å². The maximum absolute atomic E-state index is 5.14. The highest BCUT2D eigenvalue weighted by Crippen LogP contribution is 2.13. The van der Waals surface area contributed by atoms with E-state index in [1.165, 1.54) is 18.4 Å². The zero-order chi connectivity index (χ0) is 12.1. The molecule has 0 aromatic carbocycles. The van der Waals surface area contributed by atoms with E-state index in [-0.39, 0.29) is 0 Å². The lowest BCUT2D eigenvalue weighted by molar-refractivity contribution is 0.389. The number of rotatable bonds is 6. The van der Waals surface area contributed by atoms with Crippen LogP contribution in [0.3, 0.4) is 0 Å². The standard InChI is InChI=1S/C13H24N2O/c1-6-9(2)7-10(3)14-8-13-11(4)15-16-12(13)5/h9-10,14H,6-8H2,1-5H3. The molecule has 0 saturated carbocycles. The molecule has 1 N–H and O–H groups in total. The molecule has 0 spiro atoms. The Hall–Kier alpha value is -0.830. The van der Waals surface area contributed by atoms with Gasteiger partial charge in [-0.2, -0.15) is 0 Å². The lowest BCUT2D eigenvalue weighted by Gasteiger charge is -2.17. The topological polar surface area (TPSA) is 38.1 Å². The van der Waals surface area contributed by atoms with E-state index in [4.69, 9.17) is 4.52 Å². The van der Waals surface area contributed by atoms with Crippen molar-refractivity contribution in [3.63, 3.8) is 0 Å². The molecule has 2 atom stereocenters. The fraction of sp³-hybridized carbons (Fsp3) is 0.769. The normalized spacial score (nSPS) is 15.1. The second-order valence-corrected chi connectivity index (χ2v) is 4.83. The Morgan fingerprint density at radius 3 is 2.50 bits per heavy atom. The number of aromatic nitrogens is 1. The molecule has 16 heavy (non-hydrogen) atoms. The van der Waals surface area contributed by atoms with Crippen molar-refractivity contribution >= 4 is 0 Å². The molecule has 2 unspecified atom stereocenters. The average Bonchev–Trinajstić information content (AvgIpc) is 2.56. The predicted octanol–water partition coefficient (Wildman–Crippen LogP) is 3.21. The minimum Gasteiger partial charge on any atom is -0.361 e. The molecule has 0 fully saturated rings. The van der Waals surface area contributed by atoms with Crippen molar-refractivity contribution in [2.24, 2.45) is 5.92 Å². The minimum absolute atomic E-state index is 0.545. The first-order chi connectivity index (χ1) is 7.54. The zero-order valence-electron chi connectivity index (χ0n) is 11.1. The largest absolute Gasteiger partial charge is 0.361 e. The van der Waals surface area contributed by atoms with Crippen molar-refractivity contribution in [3.05, 3.63) is 17.0 Å². The summed E-state index contributed by atoms with van der Waals surface area (Å²) in [5.41, 5.74) is 2.21. The molecule has 0 aliphatic rings. The highest BCUT2D eigenvalue weighted by Gasteiger charge is 2.11. The molecule has 0 radical (unpaired) electrons. The third-order valence-corrected chi connectivity index (χ3v) is 3.26. The van der Waals surface area contributed by atoms with Gasteiger partial charge in [-0.1, -0.05) is 25.4 Å². The summed E-state index contributed by atoms with van der Waals surface area (Å²) in [7, 11) is 0. The Bertz CT molecular complexity index is 300. The third kappa shape index (κ3) is 3.63. The van der Waals surface area contributed by atoms with E-state index in [0.29, 0.717) is 6.04 Å². The third-order valence-electron chi connectivity index (χ3n) is 3.26. The number of nitrogens with one attached hydrogen (secondary N) is 1. The van der Waals surface area contributed by atoms with Gasteiger partial charge in [0.1, 0.15) is 5.76 Å². The summed E-state index contributed by atoms with van der Waals surface area (Å²) in [5, 5.41) is 7.49. The van der Waals surface area contributed by atoms with Crippen LogP contribution in [-0.2, 0) is 6.54 Å². The van der Waals surface area contributed by atoms with Crippen molar-refractivity contribution in [2.45, 2.75) is 60.0 Å². The number of hydrogen-bond donors (Lipinski definition) is 1. The summed E-state index contributed by atoms with van der Waals surface area (Å²) in [5.74, 6) is 1.72.